The highest BCUT2D eigenvalue weighted by molar-refractivity contribution is 8.00. The third kappa shape index (κ3) is 2.47. The smallest absolute Gasteiger partial charge is 0.181 e. The Kier molecular flexibility index (Phi) is 3.45. The van der Waals surface area contributed by atoms with Crippen LogP contribution in [0.4, 0.5) is 0 Å². The Morgan fingerprint density at radius 3 is 2.89 bits per heavy atom. The van der Waals surface area contributed by atoms with Crippen LogP contribution in [0.3, 0.4) is 0 Å². The van der Waals surface area contributed by atoms with Gasteiger partial charge < -0.3 is 10.7 Å². The van der Waals surface area contributed by atoms with E-state index in [1.165, 1.54) is 6.42 Å². The summed E-state index contributed by atoms with van der Waals surface area (Å²) in [5.74, 6) is 1.33. The average Bonchev–Trinajstić information content (AvgIpc) is 2.82. The second-order valence-corrected chi connectivity index (χ2v) is 6.75. The van der Waals surface area contributed by atoms with Gasteiger partial charge in [0.15, 0.2) is 5.65 Å². The Morgan fingerprint density at radius 1 is 1.26 bits per heavy atom. The average molecular weight is 277 g/mol. The van der Waals surface area contributed by atoms with Crippen molar-refractivity contribution in [2.75, 3.05) is 0 Å². The van der Waals surface area contributed by atoms with Gasteiger partial charge in [-0.25, -0.2) is 15.0 Å². The number of thioether (sulfide) groups is 1. The summed E-state index contributed by atoms with van der Waals surface area (Å²) in [6, 6.07) is 0.233. The summed E-state index contributed by atoms with van der Waals surface area (Å²) < 4.78 is 0. The molecule has 0 aliphatic heterocycles. The molecule has 3 rings (SSSR count). The minimum atomic E-state index is 0.233. The van der Waals surface area contributed by atoms with Crippen LogP contribution >= 0.6 is 11.8 Å². The molecule has 0 saturated heterocycles. The van der Waals surface area contributed by atoms with E-state index in [9.17, 15) is 0 Å². The first-order valence-electron chi connectivity index (χ1n) is 6.71. The Morgan fingerprint density at radius 2 is 2.11 bits per heavy atom. The van der Waals surface area contributed by atoms with E-state index in [1.54, 1.807) is 24.4 Å². The predicted molar refractivity (Wildman–Crippen MR) is 76.9 cm³/mol. The number of aromatic amines is 1. The first-order chi connectivity index (χ1) is 9.15. The van der Waals surface area contributed by atoms with Gasteiger partial charge in [-0.2, -0.15) is 0 Å². The number of imidazole rings is 1. The van der Waals surface area contributed by atoms with Crippen LogP contribution in [-0.4, -0.2) is 31.2 Å². The van der Waals surface area contributed by atoms with Crippen LogP contribution in [-0.2, 0) is 0 Å². The van der Waals surface area contributed by atoms with E-state index in [0.29, 0.717) is 11.2 Å². The lowest BCUT2D eigenvalue weighted by atomic mass is 9.80. The molecule has 0 spiro atoms. The molecule has 19 heavy (non-hydrogen) atoms. The van der Waals surface area contributed by atoms with Gasteiger partial charge in [0.05, 0.1) is 6.33 Å². The lowest BCUT2D eigenvalue weighted by Gasteiger charge is -2.37. The largest absolute Gasteiger partial charge is 0.341 e. The molecule has 4 atom stereocenters. The highest BCUT2D eigenvalue weighted by Gasteiger charge is 2.33. The Hall–Kier alpha value is -1.14. The van der Waals surface area contributed by atoms with E-state index in [2.05, 4.69) is 33.8 Å². The molecule has 0 amide bonds. The van der Waals surface area contributed by atoms with Crippen LogP contribution in [0.1, 0.15) is 26.7 Å². The van der Waals surface area contributed by atoms with E-state index in [4.69, 9.17) is 5.73 Å². The van der Waals surface area contributed by atoms with E-state index in [0.717, 1.165) is 28.5 Å². The number of hydrogen-bond donors (Lipinski definition) is 2. The van der Waals surface area contributed by atoms with Crippen molar-refractivity contribution in [1.82, 2.24) is 19.9 Å². The first-order valence-corrected chi connectivity index (χ1v) is 7.59. The predicted octanol–water partition coefficient (Wildman–Crippen LogP) is 2.21. The molecule has 1 saturated carbocycles. The molecule has 1 aliphatic rings. The van der Waals surface area contributed by atoms with Crippen LogP contribution in [0.25, 0.3) is 11.2 Å². The van der Waals surface area contributed by atoms with Gasteiger partial charge in [-0.05, 0) is 24.7 Å². The lowest BCUT2D eigenvalue weighted by molar-refractivity contribution is 0.279. The van der Waals surface area contributed by atoms with Gasteiger partial charge in [-0.3, -0.25) is 0 Å². The molecule has 2 aromatic heterocycles. The van der Waals surface area contributed by atoms with E-state index >= 15 is 0 Å². The molecule has 1 fully saturated rings. The molecular formula is C13H19N5S. The maximum absolute atomic E-state index is 6.34. The van der Waals surface area contributed by atoms with Crippen molar-refractivity contribution in [3.05, 3.63) is 12.7 Å². The lowest BCUT2D eigenvalue weighted by Crippen LogP contribution is -2.42. The number of nitrogens with zero attached hydrogens (tertiary/aromatic N) is 3. The summed E-state index contributed by atoms with van der Waals surface area (Å²) in [7, 11) is 0. The molecule has 5 nitrogen and oxygen atoms in total. The molecule has 0 radical (unpaired) electrons. The summed E-state index contributed by atoms with van der Waals surface area (Å²) in [4.78, 5) is 15.8. The van der Waals surface area contributed by atoms with Crippen molar-refractivity contribution in [3.8, 4) is 0 Å². The van der Waals surface area contributed by atoms with Gasteiger partial charge >= 0.3 is 0 Å². The second kappa shape index (κ2) is 5.09. The fourth-order valence-electron chi connectivity index (χ4n) is 3.05. The third-order valence-corrected chi connectivity index (χ3v) is 5.49. The third-order valence-electron chi connectivity index (χ3n) is 3.87. The van der Waals surface area contributed by atoms with Gasteiger partial charge in [-0.1, -0.05) is 25.6 Å². The van der Waals surface area contributed by atoms with Crippen molar-refractivity contribution < 1.29 is 0 Å². The zero-order chi connectivity index (χ0) is 13.4. The highest BCUT2D eigenvalue weighted by atomic mass is 32.2. The molecule has 1 aliphatic carbocycles. The number of fused-ring (bicyclic) bond motifs is 1. The van der Waals surface area contributed by atoms with Crippen molar-refractivity contribution >= 4 is 22.9 Å². The van der Waals surface area contributed by atoms with Gasteiger partial charge in [0, 0.05) is 11.3 Å². The standard InChI is InChI=1S/C13H19N5S/c1-7-3-8(2)11(9(14)4-7)19-13-10-12(16-5-15-10)17-6-18-13/h5-9,11H,3-4,14H2,1-2H3,(H,15,16,17,18). The van der Waals surface area contributed by atoms with Crippen LogP contribution < -0.4 is 5.73 Å². The van der Waals surface area contributed by atoms with Gasteiger partial charge in [0.25, 0.3) is 0 Å². The van der Waals surface area contributed by atoms with Crippen molar-refractivity contribution in [3.63, 3.8) is 0 Å². The maximum atomic E-state index is 6.34. The second-order valence-electron chi connectivity index (χ2n) is 5.58. The summed E-state index contributed by atoms with van der Waals surface area (Å²) in [5, 5.41) is 1.38. The maximum Gasteiger partial charge on any atom is 0.181 e. The Balaban J connectivity index is 1.86. The van der Waals surface area contributed by atoms with Crippen molar-refractivity contribution in [2.24, 2.45) is 17.6 Å². The van der Waals surface area contributed by atoms with Crippen LogP contribution in [0.15, 0.2) is 17.7 Å². The number of aromatic nitrogens is 4. The van der Waals surface area contributed by atoms with Gasteiger partial charge in [0.1, 0.15) is 16.9 Å². The zero-order valence-electron chi connectivity index (χ0n) is 11.2. The number of rotatable bonds is 2. The first kappa shape index (κ1) is 12.9. The SMILES string of the molecule is CC1CC(C)C(Sc2ncnc3nc[nH]c23)C(N)C1. The molecule has 2 aromatic rings. The molecule has 0 bridgehead atoms. The summed E-state index contributed by atoms with van der Waals surface area (Å²) in [5.41, 5.74) is 7.98. The fourth-order valence-corrected chi connectivity index (χ4v) is 4.31. The molecule has 2 heterocycles. The Bertz CT molecular complexity index is 557. The highest BCUT2D eigenvalue weighted by Crippen LogP contribution is 2.39. The van der Waals surface area contributed by atoms with Crippen LogP contribution in [0, 0.1) is 11.8 Å². The minimum Gasteiger partial charge on any atom is -0.341 e. The van der Waals surface area contributed by atoms with E-state index < -0.39 is 0 Å². The van der Waals surface area contributed by atoms with Crippen molar-refractivity contribution in [2.45, 2.75) is 43.0 Å². The molecular weight excluding hydrogens is 258 g/mol. The quantitative estimate of drug-likeness (QED) is 0.823. The molecule has 102 valence electrons. The van der Waals surface area contributed by atoms with E-state index in [-0.39, 0.29) is 6.04 Å². The minimum absolute atomic E-state index is 0.233. The molecule has 3 N–H and O–H groups in total. The molecule has 0 aromatic carbocycles. The summed E-state index contributed by atoms with van der Waals surface area (Å²) in [6.45, 7) is 4.58. The topological polar surface area (TPSA) is 80.5 Å². The van der Waals surface area contributed by atoms with Crippen molar-refractivity contribution in [1.29, 1.82) is 0 Å². The fraction of sp³-hybridized carbons (Fsp3) is 0.615. The zero-order valence-corrected chi connectivity index (χ0v) is 12.0. The normalized spacial score (nSPS) is 31.7. The number of nitrogens with one attached hydrogen (secondary N) is 1. The number of hydrogen-bond acceptors (Lipinski definition) is 5. The summed E-state index contributed by atoms with van der Waals surface area (Å²) >= 11 is 1.77. The van der Waals surface area contributed by atoms with Crippen LogP contribution in [0.5, 0.6) is 0 Å². The van der Waals surface area contributed by atoms with Gasteiger partial charge in [0.2, 0.25) is 0 Å². The monoisotopic (exact) mass is 277 g/mol. The molecule has 4 unspecified atom stereocenters. The van der Waals surface area contributed by atoms with Gasteiger partial charge in [-0.15, -0.1) is 0 Å². The summed E-state index contributed by atoms with van der Waals surface area (Å²) in [6.07, 6.45) is 5.57. The van der Waals surface area contributed by atoms with E-state index in [1.807, 2.05) is 0 Å². The van der Waals surface area contributed by atoms with Crippen LogP contribution in [0.2, 0.25) is 0 Å². The number of nitrogens with two attached hydrogens (primary N) is 1. The molecule has 6 heteroatoms. The number of H-pyrrole nitrogens is 1. The Labute approximate surface area is 116 Å².